The average molecular weight is 393 g/mol. The van der Waals surface area contributed by atoms with Crippen LogP contribution in [0.3, 0.4) is 0 Å². The Kier molecular flexibility index (Phi) is 5.57. The van der Waals surface area contributed by atoms with Crippen molar-refractivity contribution in [1.82, 2.24) is 0 Å². The summed E-state index contributed by atoms with van der Waals surface area (Å²) in [7, 11) is -4.02. The van der Waals surface area contributed by atoms with Crippen LogP contribution in [0.25, 0.3) is 0 Å². The summed E-state index contributed by atoms with van der Waals surface area (Å²) in [5, 5.41) is -0.453. The van der Waals surface area contributed by atoms with Crippen molar-refractivity contribution in [2.75, 3.05) is 10.8 Å². The van der Waals surface area contributed by atoms with Gasteiger partial charge in [0.2, 0.25) is 5.24 Å². The molecule has 0 bridgehead atoms. The summed E-state index contributed by atoms with van der Waals surface area (Å²) in [5.74, 6) is 0. The highest BCUT2D eigenvalue weighted by Gasteiger charge is 2.27. The Labute approximate surface area is 149 Å². The Bertz CT molecular complexity index is 853. The van der Waals surface area contributed by atoms with Crippen LogP contribution in [0.4, 0.5) is 5.69 Å². The van der Waals surface area contributed by atoms with Crippen LogP contribution in [0.5, 0.6) is 0 Å². The third kappa shape index (κ3) is 4.18. The molecule has 0 amide bonds. The van der Waals surface area contributed by atoms with Crippen molar-refractivity contribution >= 4 is 55.8 Å². The van der Waals surface area contributed by atoms with Crippen molar-refractivity contribution in [2.24, 2.45) is 0 Å². The van der Waals surface area contributed by atoms with Gasteiger partial charge < -0.3 is 0 Å². The fourth-order valence-corrected chi connectivity index (χ4v) is 3.97. The molecule has 0 fully saturated rings. The van der Waals surface area contributed by atoms with Crippen molar-refractivity contribution in [2.45, 2.75) is 11.8 Å². The Morgan fingerprint density at radius 1 is 1.09 bits per heavy atom. The third-order valence-electron chi connectivity index (χ3n) is 3.04. The maximum Gasteiger partial charge on any atom is 0.264 e. The standard InChI is InChI=1S/C15H12Cl3NO3S/c1-10-3-2-4-11(7-10)19(9-15(18)20)23(21,22)12-5-6-13(16)14(17)8-12/h2-8H,9H2,1H3. The minimum atomic E-state index is -4.02. The van der Waals surface area contributed by atoms with Crippen LogP contribution in [0.2, 0.25) is 10.0 Å². The summed E-state index contributed by atoms with van der Waals surface area (Å²) in [4.78, 5) is 11.2. The summed E-state index contributed by atoms with van der Waals surface area (Å²) in [6.07, 6.45) is 0. The molecular weight excluding hydrogens is 381 g/mol. The normalized spacial score (nSPS) is 11.3. The topological polar surface area (TPSA) is 54.5 Å². The Hall–Kier alpha value is -1.27. The Morgan fingerprint density at radius 3 is 2.35 bits per heavy atom. The molecule has 23 heavy (non-hydrogen) atoms. The highest BCUT2D eigenvalue weighted by Crippen LogP contribution is 2.29. The van der Waals surface area contributed by atoms with E-state index in [4.69, 9.17) is 34.8 Å². The fraction of sp³-hybridized carbons (Fsp3) is 0.133. The van der Waals surface area contributed by atoms with Crippen molar-refractivity contribution in [3.8, 4) is 0 Å². The van der Waals surface area contributed by atoms with Crippen molar-refractivity contribution in [1.29, 1.82) is 0 Å². The van der Waals surface area contributed by atoms with E-state index in [1.54, 1.807) is 18.2 Å². The van der Waals surface area contributed by atoms with Gasteiger partial charge in [-0.25, -0.2) is 8.42 Å². The number of sulfonamides is 1. The van der Waals surface area contributed by atoms with Crippen molar-refractivity contribution in [3.63, 3.8) is 0 Å². The molecule has 122 valence electrons. The average Bonchev–Trinajstić information content (AvgIpc) is 2.47. The zero-order valence-corrected chi connectivity index (χ0v) is 15.0. The van der Waals surface area contributed by atoms with Gasteiger partial charge in [-0.15, -0.1) is 0 Å². The maximum atomic E-state index is 12.9. The third-order valence-corrected chi connectivity index (χ3v) is 5.67. The molecule has 2 aromatic carbocycles. The van der Waals surface area contributed by atoms with Gasteiger partial charge in [0.25, 0.3) is 10.0 Å². The fourth-order valence-electron chi connectivity index (χ4n) is 1.98. The first-order valence-corrected chi connectivity index (χ1v) is 9.02. The van der Waals surface area contributed by atoms with E-state index >= 15 is 0 Å². The number of halogens is 3. The van der Waals surface area contributed by atoms with Crippen LogP contribution < -0.4 is 4.31 Å². The van der Waals surface area contributed by atoms with E-state index in [0.717, 1.165) is 9.87 Å². The smallest absolute Gasteiger partial charge is 0.264 e. The molecule has 2 aromatic rings. The predicted molar refractivity (Wildman–Crippen MR) is 93.0 cm³/mol. The second kappa shape index (κ2) is 7.09. The molecular formula is C15H12Cl3NO3S. The molecule has 0 aliphatic rings. The summed E-state index contributed by atoms with van der Waals surface area (Å²) >= 11 is 17.1. The highest BCUT2D eigenvalue weighted by molar-refractivity contribution is 7.92. The molecule has 0 radical (unpaired) electrons. The molecule has 2 rings (SSSR count). The molecule has 0 heterocycles. The quantitative estimate of drug-likeness (QED) is 0.714. The zero-order valence-electron chi connectivity index (χ0n) is 12.0. The van der Waals surface area contributed by atoms with Crippen LogP contribution >= 0.6 is 34.8 Å². The Balaban J connectivity index is 2.57. The van der Waals surface area contributed by atoms with Gasteiger partial charge in [-0.05, 0) is 54.4 Å². The number of carbonyl (C=O) groups is 1. The zero-order chi connectivity index (χ0) is 17.2. The summed E-state index contributed by atoms with van der Waals surface area (Å²) in [6.45, 7) is 1.32. The monoisotopic (exact) mass is 391 g/mol. The first kappa shape index (κ1) is 18.1. The van der Waals surface area contributed by atoms with E-state index in [2.05, 4.69) is 0 Å². The van der Waals surface area contributed by atoms with Gasteiger partial charge in [-0.3, -0.25) is 9.10 Å². The van der Waals surface area contributed by atoms with Crippen LogP contribution in [0.1, 0.15) is 5.56 Å². The molecule has 0 saturated carbocycles. The second-order valence-electron chi connectivity index (χ2n) is 4.78. The Morgan fingerprint density at radius 2 is 1.78 bits per heavy atom. The molecule has 0 aliphatic heterocycles. The predicted octanol–water partition coefficient (Wildman–Crippen LogP) is 4.26. The van der Waals surface area contributed by atoms with Gasteiger partial charge in [-0.2, -0.15) is 0 Å². The minimum absolute atomic E-state index is 0.0775. The molecule has 4 nitrogen and oxygen atoms in total. The lowest BCUT2D eigenvalue weighted by atomic mass is 10.2. The summed E-state index contributed by atoms with van der Waals surface area (Å²) in [6, 6.07) is 10.7. The number of hydrogen-bond acceptors (Lipinski definition) is 3. The second-order valence-corrected chi connectivity index (χ2v) is 7.88. The number of anilines is 1. The molecule has 0 aliphatic carbocycles. The summed E-state index contributed by atoms with van der Waals surface area (Å²) < 4.78 is 26.7. The lowest BCUT2D eigenvalue weighted by molar-refractivity contribution is -0.110. The largest absolute Gasteiger partial charge is 0.279 e. The molecule has 0 saturated heterocycles. The number of carbonyl (C=O) groups excluding carboxylic acids is 1. The lowest BCUT2D eigenvalue weighted by Crippen LogP contribution is -2.34. The highest BCUT2D eigenvalue weighted by atomic mass is 35.5. The van der Waals surface area contributed by atoms with Crippen LogP contribution in [-0.4, -0.2) is 20.2 Å². The number of aryl methyl sites for hydroxylation is 1. The molecule has 0 atom stereocenters. The van der Waals surface area contributed by atoms with Crippen LogP contribution in [0.15, 0.2) is 47.4 Å². The van der Waals surface area contributed by atoms with Gasteiger partial charge in [0, 0.05) is 0 Å². The molecule has 0 unspecified atom stereocenters. The van der Waals surface area contributed by atoms with Gasteiger partial charge in [0.1, 0.15) is 6.54 Å². The number of hydrogen-bond donors (Lipinski definition) is 0. The van der Waals surface area contributed by atoms with E-state index < -0.39 is 21.8 Å². The van der Waals surface area contributed by atoms with E-state index in [0.29, 0.717) is 5.69 Å². The van der Waals surface area contributed by atoms with Gasteiger partial charge >= 0.3 is 0 Å². The maximum absolute atomic E-state index is 12.9. The lowest BCUT2D eigenvalue weighted by Gasteiger charge is -2.23. The van der Waals surface area contributed by atoms with E-state index in [1.165, 1.54) is 18.2 Å². The number of benzene rings is 2. The van der Waals surface area contributed by atoms with Crippen LogP contribution in [0, 0.1) is 6.92 Å². The van der Waals surface area contributed by atoms with E-state index in [-0.39, 0.29) is 14.9 Å². The minimum Gasteiger partial charge on any atom is -0.279 e. The van der Waals surface area contributed by atoms with Crippen molar-refractivity contribution in [3.05, 3.63) is 58.1 Å². The molecule has 0 aromatic heterocycles. The molecule has 0 N–H and O–H groups in total. The van der Waals surface area contributed by atoms with E-state index in [1.807, 2.05) is 13.0 Å². The van der Waals surface area contributed by atoms with Gasteiger partial charge in [0.05, 0.1) is 20.6 Å². The van der Waals surface area contributed by atoms with Crippen LogP contribution in [-0.2, 0) is 14.8 Å². The number of rotatable bonds is 5. The SMILES string of the molecule is Cc1cccc(N(CC(=O)Cl)S(=O)(=O)c2ccc(Cl)c(Cl)c2)c1. The number of nitrogens with zero attached hydrogens (tertiary/aromatic N) is 1. The summed E-state index contributed by atoms with van der Waals surface area (Å²) in [5.41, 5.74) is 1.18. The molecule has 0 spiro atoms. The first-order chi connectivity index (χ1) is 10.7. The van der Waals surface area contributed by atoms with Crippen molar-refractivity contribution < 1.29 is 13.2 Å². The van der Waals surface area contributed by atoms with Gasteiger partial charge in [0.15, 0.2) is 0 Å². The first-order valence-electron chi connectivity index (χ1n) is 6.44. The van der Waals surface area contributed by atoms with E-state index in [9.17, 15) is 13.2 Å². The van der Waals surface area contributed by atoms with Gasteiger partial charge in [-0.1, -0.05) is 35.3 Å². The molecule has 8 heteroatoms.